The summed E-state index contributed by atoms with van der Waals surface area (Å²) < 4.78 is 27.1. The van der Waals surface area contributed by atoms with Crippen LogP contribution in [0.3, 0.4) is 0 Å². The van der Waals surface area contributed by atoms with Crippen molar-refractivity contribution in [1.29, 1.82) is 10.5 Å². The summed E-state index contributed by atoms with van der Waals surface area (Å²) >= 11 is 7.44. The predicted molar refractivity (Wildman–Crippen MR) is 252 cm³/mol. The maximum atomic E-state index is 9.34. The Hall–Kier alpha value is -5.84. The van der Waals surface area contributed by atoms with Crippen molar-refractivity contribution < 1.29 is 29.2 Å². The van der Waals surface area contributed by atoms with Crippen LogP contribution in [0.4, 0.5) is 0 Å². The minimum absolute atomic E-state index is 0.106. The topological polar surface area (TPSA) is 175 Å². The number of nitrogens with one attached hydrogen (secondary N) is 2. The van der Waals surface area contributed by atoms with Crippen LogP contribution in [0.5, 0.6) is 23.0 Å². The molecule has 0 radical (unpaired) electrons. The zero-order valence-electron chi connectivity index (χ0n) is 35.8. The van der Waals surface area contributed by atoms with Gasteiger partial charge in [0.25, 0.3) is 0 Å². The maximum Gasteiger partial charge on any atom is 0.137 e. The van der Waals surface area contributed by atoms with Crippen molar-refractivity contribution in [2.45, 2.75) is 66.2 Å². The highest BCUT2D eigenvalue weighted by molar-refractivity contribution is 9.11. The van der Waals surface area contributed by atoms with Crippen molar-refractivity contribution in [3.8, 4) is 46.3 Å². The van der Waals surface area contributed by atoms with Gasteiger partial charge in [-0.15, -0.1) is 0 Å². The van der Waals surface area contributed by atoms with Crippen LogP contribution in [0.1, 0.15) is 68.5 Å². The van der Waals surface area contributed by atoms with Crippen molar-refractivity contribution in [2.24, 2.45) is 0 Å². The number of hydrogen-bond acceptors (Lipinski definition) is 12. The first-order chi connectivity index (χ1) is 31.2. The Kier molecular flexibility index (Phi) is 18.1. The third-order valence-electron chi connectivity index (χ3n) is 10.5. The fourth-order valence-electron chi connectivity index (χ4n) is 6.92. The van der Waals surface area contributed by atoms with Gasteiger partial charge in [-0.05, 0) is 129 Å². The summed E-state index contributed by atoms with van der Waals surface area (Å²) in [4.78, 5) is 8.33. The van der Waals surface area contributed by atoms with Crippen molar-refractivity contribution in [3.05, 3.63) is 162 Å². The number of nitriles is 2. The van der Waals surface area contributed by atoms with Crippen molar-refractivity contribution in [3.63, 3.8) is 0 Å². The Morgan fingerprint density at radius 1 is 0.547 bits per heavy atom. The van der Waals surface area contributed by atoms with Crippen LogP contribution in [0, 0.1) is 36.5 Å². The first-order valence-corrected chi connectivity index (χ1v) is 22.4. The highest BCUT2D eigenvalue weighted by Crippen LogP contribution is 2.37. The number of hydrogen-bond donors (Lipinski definition) is 4. The lowest BCUT2D eigenvalue weighted by molar-refractivity contribution is 0.281. The van der Waals surface area contributed by atoms with Crippen LogP contribution >= 0.6 is 31.9 Å². The van der Waals surface area contributed by atoms with E-state index in [0.29, 0.717) is 86.4 Å². The standard InChI is InChI=1S/C50H50Br2N6O6/c1-33-39(31-63-49-19-47(41(17-45(49)51)27-55-11-5-13-59)61-29-37-15-35(21-53)23-57-25-37)7-3-9-43(33)44-10-4-8-40(34(44)2)32-64-50-20-48(42(18-46(50)52)28-56-12-6-14-60)62-30-38-16-36(22-54)24-58-26-38/h3-4,7-10,15-20,23-26,55-56,59-60H,5-6,11-14,27-32H2,1-2H3. The number of aliphatic hydroxyl groups is 2. The lowest BCUT2D eigenvalue weighted by Gasteiger charge is -2.19. The summed E-state index contributed by atoms with van der Waals surface area (Å²) in [7, 11) is 0. The van der Waals surface area contributed by atoms with Gasteiger partial charge in [0.05, 0.1) is 20.1 Å². The lowest BCUT2D eigenvalue weighted by atomic mass is 9.92. The van der Waals surface area contributed by atoms with E-state index >= 15 is 0 Å². The summed E-state index contributed by atoms with van der Waals surface area (Å²) in [6.07, 6.45) is 7.68. The molecule has 4 aromatic carbocycles. The summed E-state index contributed by atoms with van der Waals surface area (Å²) in [6.45, 7) is 7.85. The Balaban J connectivity index is 1.18. The molecular formula is C50H50Br2N6O6. The van der Waals surface area contributed by atoms with Crippen LogP contribution in [0.2, 0.25) is 0 Å². The van der Waals surface area contributed by atoms with Crippen molar-refractivity contribution >= 4 is 31.9 Å². The SMILES string of the molecule is Cc1c(COc2cc(OCc3cncc(C#N)c3)c(CNCCCO)cc2Br)cccc1-c1cccc(COc2cc(OCc3cncc(C#N)c3)c(CNCCCO)cc2Br)c1C. The van der Waals surface area contributed by atoms with E-state index in [1.807, 2.05) is 36.4 Å². The molecule has 0 saturated carbocycles. The molecular weight excluding hydrogens is 940 g/mol. The van der Waals surface area contributed by atoms with Crippen LogP contribution in [-0.2, 0) is 39.5 Å². The first-order valence-electron chi connectivity index (χ1n) is 20.9. The molecule has 330 valence electrons. The maximum absolute atomic E-state index is 9.34. The van der Waals surface area contributed by atoms with E-state index in [1.165, 1.54) is 12.4 Å². The monoisotopic (exact) mass is 988 g/mol. The number of benzene rings is 4. The van der Waals surface area contributed by atoms with E-state index < -0.39 is 0 Å². The molecule has 6 aromatic rings. The normalized spacial score (nSPS) is 10.9. The summed E-state index contributed by atoms with van der Waals surface area (Å²) in [6, 6.07) is 28.0. The third-order valence-corrected chi connectivity index (χ3v) is 11.7. The molecule has 0 amide bonds. The Bertz CT molecular complexity index is 2430. The number of pyridine rings is 2. The quantitative estimate of drug-likeness (QED) is 0.0449. The molecule has 0 aliphatic heterocycles. The van der Waals surface area contributed by atoms with Gasteiger partial charge in [0, 0.05) is 85.5 Å². The molecule has 0 bridgehead atoms. The van der Waals surface area contributed by atoms with Gasteiger partial charge >= 0.3 is 0 Å². The van der Waals surface area contributed by atoms with Gasteiger partial charge in [0.2, 0.25) is 0 Å². The molecule has 0 spiro atoms. The Labute approximate surface area is 391 Å². The molecule has 4 N–H and O–H groups in total. The lowest BCUT2D eigenvalue weighted by Crippen LogP contribution is -2.16. The number of ether oxygens (including phenoxy) is 4. The average Bonchev–Trinajstić information content (AvgIpc) is 3.31. The molecule has 0 aliphatic carbocycles. The third kappa shape index (κ3) is 13.1. The van der Waals surface area contributed by atoms with Crippen LogP contribution < -0.4 is 29.6 Å². The van der Waals surface area contributed by atoms with E-state index in [9.17, 15) is 20.7 Å². The molecule has 0 atom stereocenters. The second-order valence-corrected chi connectivity index (χ2v) is 16.7. The number of nitrogens with zero attached hydrogens (tertiary/aromatic N) is 4. The van der Waals surface area contributed by atoms with Crippen LogP contribution in [-0.4, -0.2) is 46.5 Å². The smallest absolute Gasteiger partial charge is 0.137 e. The number of halogens is 2. The van der Waals surface area contributed by atoms with Gasteiger partial charge in [-0.1, -0.05) is 36.4 Å². The zero-order chi connectivity index (χ0) is 45.3. The molecule has 14 heteroatoms. The summed E-state index contributed by atoms with van der Waals surface area (Å²) in [5, 5.41) is 43.9. The van der Waals surface area contributed by atoms with E-state index in [-0.39, 0.29) is 26.4 Å². The molecule has 12 nitrogen and oxygen atoms in total. The largest absolute Gasteiger partial charge is 0.488 e. The van der Waals surface area contributed by atoms with Gasteiger partial charge in [-0.2, -0.15) is 10.5 Å². The average molecular weight is 991 g/mol. The van der Waals surface area contributed by atoms with Crippen LogP contribution in [0.15, 0.2) is 107 Å². The fourth-order valence-corrected chi connectivity index (χ4v) is 7.93. The van der Waals surface area contributed by atoms with E-state index in [4.69, 9.17) is 18.9 Å². The van der Waals surface area contributed by atoms with E-state index in [1.54, 1.807) is 24.5 Å². The zero-order valence-corrected chi connectivity index (χ0v) is 39.0. The van der Waals surface area contributed by atoms with Gasteiger partial charge < -0.3 is 39.8 Å². The van der Waals surface area contributed by atoms with Crippen molar-refractivity contribution in [1.82, 2.24) is 20.6 Å². The minimum atomic E-state index is 0.106. The van der Waals surface area contributed by atoms with E-state index in [2.05, 4.69) is 103 Å². The molecule has 6 rings (SSSR count). The first kappa shape index (κ1) is 47.6. The Morgan fingerprint density at radius 2 is 0.969 bits per heavy atom. The Morgan fingerprint density at radius 3 is 1.38 bits per heavy atom. The molecule has 2 heterocycles. The summed E-state index contributed by atoms with van der Waals surface area (Å²) in [5.74, 6) is 2.51. The number of aliphatic hydroxyl groups excluding tert-OH is 2. The van der Waals surface area contributed by atoms with Crippen molar-refractivity contribution in [2.75, 3.05) is 26.3 Å². The second kappa shape index (κ2) is 24.3. The molecule has 64 heavy (non-hydrogen) atoms. The molecule has 0 aliphatic rings. The van der Waals surface area contributed by atoms with Gasteiger partial charge in [0.15, 0.2) is 0 Å². The molecule has 2 aromatic heterocycles. The second-order valence-electron chi connectivity index (χ2n) is 15.0. The van der Waals surface area contributed by atoms with E-state index in [0.717, 1.165) is 64.6 Å². The minimum Gasteiger partial charge on any atom is -0.488 e. The highest BCUT2D eigenvalue weighted by atomic mass is 79.9. The molecule has 0 saturated heterocycles. The predicted octanol–water partition coefficient (Wildman–Crippen LogP) is 9.29. The van der Waals surface area contributed by atoms with Gasteiger partial charge in [-0.25, -0.2) is 0 Å². The molecule has 0 fully saturated rings. The fraction of sp³-hybridized carbons (Fsp3) is 0.280. The van der Waals surface area contributed by atoms with Gasteiger partial charge in [0.1, 0.15) is 61.6 Å². The number of rotatable bonds is 23. The molecule has 0 unspecified atom stereocenters. The number of aromatic nitrogens is 2. The van der Waals surface area contributed by atoms with Crippen LogP contribution in [0.25, 0.3) is 11.1 Å². The summed E-state index contributed by atoms with van der Waals surface area (Å²) in [5.41, 5.74) is 10.7. The van der Waals surface area contributed by atoms with Gasteiger partial charge in [-0.3, -0.25) is 9.97 Å². The highest BCUT2D eigenvalue weighted by Gasteiger charge is 2.17.